The molecule has 0 atom stereocenters. The second-order valence-electron chi connectivity index (χ2n) is 4.66. The summed E-state index contributed by atoms with van der Waals surface area (Å²) in [4.78, 5) is 34.9. The third kappa shape index (κ3) is 2.71. The molecule has 2 rings (SSSR count). The van der Waals surface area contributed by atoms with Gasteiger partial charge in [0.1, 0.15) is 11.5 Å². The number of hydrogen-bond donors (Lipinski definition) is 0. The molecule has 0 saturated carbocycles. The molecular weight excluding hydrogens is 334 g/mol. The van der Waals surface area contributed by atoms with Crippen LogP contribution in [0.1, 0.15) is 21.6 Å². The average Bonchev–Trinajstić information content (AvgIpc) is 2.50. The Kier molecular flexibility index (Phi) is 4.12. The predicted molar refractivity (Wildman–Crippen MR) is 72.3 cm³/mol. The number of aldehydes is 1. The van der Waals surface area contributed by atoms with Gasteiger partial charge in [-0.1, -0.05) is 0 Å². The fourth-order valence-electron chi connectivity index (χ4n) is 2.06. The highest BCUT2D eigenvalue weighted by atomic mass is 19.4. The van der Waals surface area contributed by atoms with Crippen LogP contribution in [0.2, 0.25) is 0 Å². The van der Waals surface area contributed by atoms with Crippen molar-refractivity contribution < 1.29 is 22.4 Å². The molecule has 1 aromatic heterocycles. The van der Waals surface area contributed by atoms with E-state index in [2.05, 4.69) is 0 Å². The van der Waals surface area contributed by atoms with Gasteiger partial charge in [0.2, 0.25) is 0 Å². The molecular formula is C14H7F4N3O3. The van der Waals surface area contributed by atoms with Crippen molar-refractivity contribution in [3.05, 3.63) is 61.7 Å². The number of hydrogen-bond acceptors (Lipinski definition) is 4. The normalized spacial score (nSPS) is 11.2. The van der Waals surface area contributed by atoms with Gasteiger partial charge < -0.3 is 0 Å². The summed E-state index contributed by atoms with van der Waals surface area (Å²) in [5.74, 6) is -1.21. The molecule has 0 unspecified atom stereocenters. The Balaban J connectivity index is 2.88. The number of benzene rings is 1. The van der Waals surface area contributed by atoms with E-state index in [0.717, 1.165) is 13.1 Å². The molecule has 2 aromatic rings. The van der Waals surface area contributed by atoms with Gasteiger partial charge in [0.25, 0.3) is 5.56 Å². The highest BCUT2D eigenvalue weighted by molar-refractivity contribution is 5.80. The van der Waals surface area contributed by atoms with Crippen LogP contribution in [0.15, 0.2) is 27.8 Å². The molecule has 24 heavy (non-hydrogen) atoms. The summed E-state index contributed by atoms with van der Waals surface area (Å²) in [7, 11) is 0.767. The first-order valence-corrected chi connectivity index (χ1v) is 6.21. The minimum atomic E-state index is -4.96. The molecule has 1 heterocycles. The number of aromatic nitrogens is 2. The smallest absolute Gasteiger partial charge is 0.298 e. The molecule has 0 fully saturated rings. The maximum atomic E-state index is 14.1. The number of rotatable bonds is 2. The number of halogens is 4. The lowest BCUT2D eigenvalue weighted by atomic mass is 10.1. The number of carbonyl (C=O) groups is 1. The Bertz CT molecular complexity index is 997. The summed E-state index contributed by atoms with van der Waals surface area (Å²) in [5.41, 5.74) is -5.76. The van der Waals surface area contributed by atoms with E-state index in [1.54, 1.807) is 6.07 Å². The average molecular weight is 341 g/mol. The first-order chi connectivity index (χ1) is 11.1. The second kappa shape index (κ2) is 5.77. The molecule has 0 aliphatic rings. The predicted octanol–water partition coefficient (Wildman–Crippen LogP) is 1.38. The Morgan fingerprint density at radius 3 is 2.33 bits per heavy atom. The van der Waals surface area contributed by atoms with Crippen molar-refractivity contribution >= 4 is 6.29 Å². The second-order valence-corrected chi connectivity index (χ2v) is 4.66. The van der Waals surface area contributed by atoms with Crippen LogP contribution in [-0.4, -0.2) is 15.4 Å². The summed E-state index contributed by atoms with van der Waals surface area (Å²) in [6.45, 7) is 0. The maximum Gasteiger partial charge on any atom is 0.431 e. The first-order valence-electron chi connectivity index (χ1n) is 6.21. The molecule has 0 amide bonds. The van der Waals surface area contributed by atoms with E-state index in [4.69, 9.17) is 5.26 Å². The lowest BCUT2D eigenvalue weighted by molar-refractivity contribution is -0.144. The highest BCUT2D eigenvalue weighted by Crippen LogP contribution is 2.27. The molecule has 0 radical (unpaired) electrons. The van der Waals surface area contributed by atoms with Gasteiger partial charge in [0.05, 0.1) is 17.3 Å². The van der Waals surface area contributed by atoms with Crippen LogP contribution in [0, 0.1) is 17.1 Å². The number of alkyl halides is 3. The Morgan fingerprint density at radius 2 is 1.83 bits per heavy atom. The van der Waals surface area contributed by atoms with E-state index in [1.807, 2.05) is 0 Å². The van der Waals surface area contributed by atoms with E-state index in [9.17, 15) is 31.9 Å². The molecule has 0 spiro atoms. The zero-order valence-electron chi connectivity index (χ0n) is 11.9. The van der Waals surface area contributed by atoms with Crippen molar-refractivity contribution in [2.45, 2.75) is 6.18 Å². The number of carbonyl (C=O) groups excluding carboxylic acids is 1. The highest BCUT2D eigenvalue weighted by Gasteiger charge is 2.35. The van der Waals surface area contributed by atoms with E-state index in [1.165, 1.54) is 0 Å². The van der Waals surface area contributed by atoms with Crippen LogP contribution >= 0.6 is 0 Å². The van der Waals surface area contributed by atoms with Gasteiger partial charge in [-0.3, -0.25) is 14.2 Å². The zero-order chi connectivity index (χ0) is 18.2. The summed E-state index contributed by atoms with van der Waals surface area (Å²) >= 11 is 0. The Labute approximate surface area is 130 Å². The Morgan fingerprint density at radius 1 is 1.21 bits per heavy atom. The van der Waals surface area contributed by atoms with Crippen LogP contribution in [0.4, 0.5) is 17.6 Å². The minimum Gasteiger partial charge on any atom is -0.298 e. The summed E-state index contributed by atoms with van der Waals surface area (Å²) in [6.07, 6.45) is -4.76. The molecule has 10 heteroatoms. The molecule has 1 aromatic carbocycles. The van der Waals surface area contributed by atoms with Gasteiger partial charge in [-0.25, -0.2) is 13.8 Å². The van der Waals surface area contributed by atoms with Crippen LogP contribution in [-0.2, 0) is 13.2 Å². The van der Waals surface area contributed by atoms with Gasteiger partial charge in [0, 0.05) is 18.7 Å². The molecule has 124 valence electrons. The standard InChI is InChI=1S/C14H7F4N3O3/c1-20-11(14(16,17)18)4-12(23)21(13(20)24)10-3-8(6-22)7(5-19)2-9(10)15/h2-4,6H,1H3. The topological polar surface area (TPSA) is 84.9 Å². The fourth-order valence-corrected chi connectivity index (χ4v) is 2.06. The lowest BCUT2D eigenvalue weighted by Gasteiger charge is -2.14. The minimum absolute atomic E-state index is 0.139. The van der Waals surface area contributed by atoms with Gasteiger partial charge in [-0.05, 0) is 12.1 Å². The van der Waals surface area contributed by atoms with E-state index in [-0.39, 0.29) is 32.6 Å². The third-order valence-corrected chi connectivity index (χ3v) is 3.22. The first kappa shape index (κ1) is 17.1. The van der Waals surface area contributed by atoms with Gasteiger partial charge in [-0.2, -0.15) is 18.4 Å². The molecule has 6 nitrogen and oxygen atoms in total. The fraction of sp³-hybridized carbons (Fsp3) is 0.143. The van der Waals surface area contributed by atoms with Gasteiger partial charge in [-0.15, -0.1) is 0 Å². The lowest BCUT2D eigenvalue weighted by Crippen LogP contribution is -2.41. The molecule has 0 saturated heterocycles. The van der Waals surface area contributed by atoms with E-state index >= 15 is 0 Å². The summed E-state index contributed by atoms with van der Waals surface area (Å²) < 4.78 is 52.7. The van der Waals surface area contributed by atoms with Crippen molar-refractivity contribution in [1.82, 2.24) is 9.13 Å². The Hall–Kier alpha value is -3.22. The van der Waals surface area contributed by atoms with Crippen molar-refractivity contribution in [1.29, 1.82) is 5.26 Å². The van der Waals surface area contributed by atoms with Crippen LogP contribution in [0.25, 0.3) is 5.69 Å². The largest absolute Gasteiger partial charge is 0.431 e. The van der Waals surface area contributed by atoms with Crippen LogP contribution < -0.4 is 11.2 Å². The van der Waals surface area contributed by atoms with Gasteiger partial charge >= 0.3 is 11.9 Å². The quantitative estimate of drug-likeness (QED) is 0.610. The maximum absolute atomic E-state index is 14.1. The van der Waals surface area contributed by atoms with Gasteiger partial charge in [0.15, 0.2) is 6.29 Å². The third-order valence-electron chi connectivity index (χ3n) is 3.22. The van der Waals surface area contributed by atoms with Crippen molar-refractivity contribution in [2.75, 3.05) is 0 Å². The zero-order valence-corrected chi connectivity index (χ0v) is 11.9. The number of nitriles is 1. The molecule has 0 aliphatic carbocycles. The molecule has 0 N–H and O–H groups in total. The van der Waals surface area contributed by atoms with E-state index < -0.39 is 34.6 Å². The number of nitrogens with zero attached hydrogens (tertiary/aromatic N) is 3. The summed E-state index contributed by atoms with van der Waals surface area (Å²) in [5, 5.41) is 8.78. The van der Waals surface area contributed by atoms with Crippen molar-refractivity contribution in [2.24, 2.45) is 7.05 Å². The van der Waals surface area contributed by atoms with Crippen molar-refractivity contribution in [3.63, 3.8) is 0 Å². The monoisotopic (exact) mass is 341 g/mol. The molecule has 0 aliphatic heterocycles. The molecule has 0 bridgehead atoms. The van der Waals surface area contributed by atoms with Crippen LogP contribution in [0.5, 0.6) is 0 Å². The van der Waals surface area contributed by atoms with E-state index in [0.29, 0.717) is 6.07 Å². The summed E-state index contributed by atoms with van der Waals surface area (Å²) in [6, 6.07) is 3.04. The van der Waals surface area contributed by atoms with Crippen molar-refractivity contribution in [3.8, 4) is 11.8 Å². The van der Waals surface area contributed by atoms with Crippen LogP contribution in [0.3, 0.4) is 0 Å². The SMILES string of the molecule is Cn1c(C(F)(F)F)cc(=O)n(-c2cc(C=O)c(C#N)cc2F)c1=O.